The van der Waals surface area contributed by atoms with Crippen LogP contribution in [0.15, 0.2) is 4.58 Å². The zero-order valence-corrected chi connectivity index (χ0v) is 3.96. The Labute approximate surface area is 44.3 Å². The summed E-state index contributed by atoms with van der Waals surface area (Å²) in [5.41, 5.74) is 5.31. The Morgan fingerprint density at radius 2 is 1.71 bits per heavy atom. The summed E-state index contributed by atoms with van der Waals surface area (Å²) < 4.78 is 1.94. The van der Waals surface area contributed by atoms with Crippen LogP contribution in [0.2, 0.25) is 0 Å². The first kappa shape index (κ1) is 9.47. The zero-order valence-electron chi connectivity index (χ0n) is 3.07. The van der Waals surface area contributed by atoms with Crippen molar-refractivity contribution < 1.29 is 5.02 Å². The van der Waals surface area contributed by atoms with Gasteiger partial charge in [-0.3, -0.25) is 0 Å². The van der Waals surface area contributed by atoms with Gasteiger partial charge in [0.2, 0.25) is 0 Å². The van der Waals surface area contributed by atoms with Gasteiger partial charge in [-0.2, -0.15) is 0 Å². The molecule has 0 saturated carbocycles. The second-order valence-electron chi connectivity index (χ2n) is 0.339. The van der Waals surface area contributed by atoms with E-state index in [-0.39, 0.29) is 0 Å². The van der Waals surface area contributed by atoms with Crippen molar-refractivity contribution in [2.45, 2.75) is 0 Å². The van der Waals surface area contributed by atoms with Gasteiger partial charge in [0, 0.05) is 17.4 Å². The van der Waals surface area contributed by atoms with E-state index in [0.29, 0.717) is 0 Å². The Hall–Kier alpha value is -0.850. The molecule has 0 aromatic carbocycles. The van der Waals surface area contributed by atoms with Gasteiger partial charge in [-0.1, -0.05) is 5.02 Å². The smallest absolute Gasteiger partial charge is 0.00369 e. The van der Waals surface area contributed by atoms with Gasteiger partial charge in [0.15, 0.2) is 0 Å². The second-order valence-corrected chi connectivity index (χ2v) is 0.502. The van der Waals surface area contributed by atoms with Gasteiger partial charge < -0.3 is 10.4 Å². The van der Waals surface area contributed by atoms with Crippen LogP contribution in [-0.2, 0) is 0 Å². The third-order valence-corrected chi connectivity index (χ3v) is 0. The number of hydrogen-bond donors (Lipinski definition) is 2. The van der Waals surface area contributed by atoms with Crippen molar-refractivity contribution >= 4 is 12.8 Å². The third-order valence-electron chi connectivity index (χ3n) is 0. The number of nitroso groups, excluding NO2 is 1. The van der Waals surface area contributed by atoms with Crippen LogP contribution in [0, 0.1) is 20.9 Å². The zero-order chi connectivity index (χ0) is 6.28. The van der Waals surface area contributed by atoms with Gasteiger partial charge in [-0.25, -0.2) is 0 Å². The molecule has 0 unspecified atom stereocenters. The van der Waals surface area contributed by atoms with Gasteiger partial charge in [0.25, 0.3) is 0 Å². The van der Waals surface area contributed by atoms with E-state index in [1.165, 1.54) is 0 Å². The molecule has 7 heteroatoms. The minimum atomic E-state index is -1.25. The molecule has 0 fully saturated rings. The summed E-state index contributed by atoms with van der Waals surface area (Å²) in [7, 11) is 0. The number of thiol groups is 1. The fraction of sp³-hybridized carbons (Fsp3) is 0. The lowest BCUT2D eigenvalue weighted by Gasteiger charge is -1.88. The van der Waals surface area contributed by atoms with Crippen molar-refractivity contribution in [2.75, 3.05) is 0 Å². The van der Waals surface area contributed by atoms with E-state index < -0.39 is 5.02 Å². The minimum absolute atomic E-state index is 1.25. The summed E-state index contributed by atoms with van der Waals surface area (Å²) in [5.74, 6) is 0. The van der Waals surface area contributed by atoms with Gasteiger partial charge in [-0.15, -0.1) is 4.91 Å². The predicted octanol–water partition coefficient (Wildman–Crippen LogP) is 0.623. The molecule has 1 N–H and O–H groups in total. The molecule has 0 radical (unpaired) electrons. The van der Waals surface area contributed by atoms with Crippen LogP contribution in [0.4, 0.5) is 0 Å². The van der Waals surface area contributed by atoms with Crippen molar-refractivity contribution in [1.82, 2.24) is 0 Å². The third kappa shape index (κ3) is 70.7. The van der Waals surface area contributed by atoms with Gasteiger partial charge in [0.05, 0.1) is 0 Å². The molecule has 7 heavy (non-hydrogen) atoms. The minimum Gasteiger partial charge on any atom is -0.588 e. The summed E-state index contributed by atoms with van der Waals surface area (Å²) >= 11 is 2.86. The van der Waals surface area contributed by atoms with Gasteiger partial charge >= 0.3 is 0 Å². The lowest BCUT2D eigenvalue weighted by atomic mass is 12.9. The Bertz CT molecular complexity index is 57.2. The number of nitrogens with zero attached hydrogens (tertiary/aromatic N) is 2. The Kier molecular flexibility index (Phi) is 12.1. The molecule has 0 heterocycles. The SMILES string of the molecule is N=[N+]([O-])[O-].O=NS. The molecule has 6 nitrogen and oxygen atoms in total. The van der Waals surface area contributed by atoms with E-state index in [4.69, 9.17) is 20.9 Å². The molecule has 0 aromatic rings. The summed E-state index contributed by atoms with van der Waals surface area (Å²) in [6.07, 6.45) is 0. The molecular formula is H2N3O3S-. The molecule has 0 amide bonds. The molecule has 0 aliphatic carbocycles. The van der Waals surface area contributed by atoms with E-state index in [2.05, 4.69) is 12.8 Å². The van der Waals surface area contributed by atoms with Crippen LogP contribution in [0.5, 0.6) is 0 Å². The fourth-order valence-corrected chi connectivity index (χ4v) is 0. The molecule has 0 saturated heterocycles. The highest BCUT2D eigenvalue weighted by atomic mass is 32.1. The monoisotopic (exact) mass is 124 g/mol. The van der Waals surface area contributed by atoms with Crippen LogP contribution < -0.4 is 0 Å². The normalized spacial score (nSPS) is 5.29. The van der Waals surface area contributed by atoms with E-state index in [0.717, 1.165) is 0 Å². The summed E-state index contributed by atoms with van der Waals surface area (Å²) in [6, 6.07) is 0. The maximum Gasteiger partial charge on any atom is 0.00369 e. The maximum atomic E-state index is 8.47. The van der Waals surface area contributed by atoms with E-state index in [1.807, 2.05) is 4.58 Å². The quantitative estimate of drug-likeness (QED) is 0.214. The number of nitrogens with one attached hydrogen (secondary N) is 1. The molecule has 0 aliphatic rings. The van der Waals surface area contributed by atoms with Crippen LogP contribution in [0.25, 0.3) is 0 Å². The Morgan fingerprint density at radius 3 is 1.71 bits per heavy atom. The second kappa shape index (κ2) is 8.94. The fourth-order valence-electron chi connectivity index (χ4n) is 0. The van der Waals surface area contributed by atoms with Crippen molar-refractivity contribution in [3.8, 4) is 0 Å². The average Bonchev–Trinajstić information content (AvgIpc) is 1.33. The maximum absolute atomic E-state index is 8.47. The average molecular weight is 124 g/mol. The summed E-state index contributed by atoms with van der Waals surface area (Å²) in [4.78, 5) is 8.42. The summed E-state index contributed by atoms with van der Waals surface area (Å²) in [6.45, 7) is 0. The topological polar surface area (TPSA) is 102 Å². The molecule has 0 bridgehead atoms. The molecular weight excluding hydrogens is 122 g/mol. The Balaban J connectivity index is 0. The lowest BCUT2D eigenvalue weighted by Crippen LogP contribution is -1.74. The number of hydrogen-bond acceptors (Lipinski definition) is 5. The molecule has 0 rings (SSSR count). The first-order chi connectivity index (χ1) is 3.15. The van der Waals surface area contributed by atoms with Crippen molar-refractivity contribution in [2.24, 2.45) is 4.58 Å². The molecule has 0 spiro atoms. The van der Waals surface area contributed by atoms with Crippen LogP contribution in [-0.4, -0.2) is 5.02 Å². The van der Waals surface area contributed by atoms with Crippen LogP contribution in [0.1, 0.15) is 0 Å². The molecule has 0 atom stereocenters. The summed E-state index contributed by atoms with van der Waals surface area (Å²) in [5, 5.41) is 15.7. The molecule has 0 aliphatic heterocycles. The van der Waals surface area contributed by atoms with Gasteiger partial charge in [0.1, 0.15) is 0 Å². The highest BCUT2D eigenvalue weighted by Crippen LogP contribution is 1.58. The molecule has 42 valence electrons. The highest BCUT2D eigenvalue weighted by molar-refractivity contribution is 7.78. The standard InChI is InChI=1S/HN2O2.HNOS/c1-2(3)4;2-1-3/h(H-,1,3,4);(H,2,3)/q-1;. The van der Waals surface area contributed by atoms with Crippen LogP contribution in [0.3, 0.4) is 0 Å². The van der Waals surface area contributed by atoms with Crippen molar-refractivity contribution in [1.29, 1.82) is 5.53 Å². The first-order valence-corrected chi connectivity index (χ1v) is 1.37. The Morgan fingerprint density at radius 1 is 1.71 bits per heavy atom. The first-order valence-electron chi connectivity index (χ1n) is 0.971. The lowest BCUT2D eigenvalue weighted by molar-refractivity contribution is -0.482. The van der Waals surface area contributed by atoms with E-state index >= 15 is 0 Å². The predicted molar refractivity (Wildman–Crippen MR) is 24.5 cm³/mol. The largest absolute Gasteiger partial charge is 0.588 e. The van der Waals surface area contributed by atoms with Gasteiger partial charge in [-0.05, 0) is 5.53 Å². The molecule has 0 aromatic heterocycles. The van der Waals surface area contributed by atoms with Crippen LogP contribution >= 0.6 is 12.8 Å². The van der Waals surface area contributed by atoms with E-state index in [9.17, 15) is 0 Å². The highest BCUT2D eigenvalue weighted by Gasteiger charge is 1.34. The van der Waals surface area contributed by atoms with E-state index in [1.54, 1.807) is 0 Å². The van der Waals surface area contributed by atoms with Crippen molar-refractivity contribution in [3.05, 3.63) is 15.3 Å². The number of rotatable bonds is 0. The van der Waals surface area contributed by atoms with Crippen molar-refractivity contribution in [3.63, 3.8) is 0 Å².